The summed E-state index contributed by atoms with van der Waals surface area (Å²) in [5, 5.41) is 0.618. The van der Waals surface area contributed by atoms with E-state index in [2.05, 4.69) is 15.9 Å². The van der Waals surface area contributed by atoms with Crippen LogP contribution in [-0.2, 0) is 9.53 Å². The molecule has 2 nitrogen and oxygen atoms in total. The van der Waals surface area contributed by atoms with Gasteiger partial charge < -0.3 is 4.74 Å². The summed E-state index contributed by atoms with van der Waals surface area (Å²) in [4.78, 5) is 11.2. The molecule has 76 valence electrons. The number of methoxy groups -OCH3 is 1. The van der Waals surface area contributed by atoms with Crippen LogP contribution in [0.4, 0.5) is 0 Å². The molecule has 0 aliphatic heterocycles. The molecule has 0 radical (unpaired) electrons. The molecule has 14 heavy (non-hydrogen) atoms. The molecular formula is C10H10BrClO2. The van der Waals surface area contributed by atoms with E-state index in [9.17, 15) is 4.79 Å². The van der Waals surface area contributed by atoms with Crippen molar-refractivity contribution in [3.63, 3.8) is 0 Å². The van der Waals surface area contributed by atoms with Crippen molar-refractivity contribution >= 4 is 33.3 Å². The Morgan fingerprint density at radius 1 is 1.57 bits per heavy atom. The highest BCUT2D eigenvalue weighted by Crippen LogP contribution is 2.27. The highest BCUT2D eigenvalue weighted by Gasteiger charge is 2.16. The van der Waals surface area contributed by atoms with Gasteiger partial charge in [-0.3, -0.25) is 4.79 Å². The average Bonchev–Trinajstić information content (AvgIpc) is 2.11. The Morgan fingerprint density at radius 3 is 2.64 bits per heavy atom. The van der Waals surface area contributed by atoms with Crippen LogP contribution in [0, 0.1) is 0 Å². The maximum Gasteiger partial charge on any atom is 0.163 e. The van der Waals surface area contributed by atoms with Gasteiger partial charge in [0, 0.05) is 11.6 Å². The smallest absolute Gasteiger partial charge is 0.163 e. The number of rotatable bonds is 3. The number of Topliss-reactive ketones (excluding diaryl/α,β-unsaturated/α-hetero) is 1. The summed E-state index contributed by atoms with van der Waals surface area (Å²) in [6.07, 6.45) is -0.511. The predicted octanol–water partition coefficient (Wildman–Crippen LogP) is 3.38. The summed E-state index contributed by atoms with van der Waals surface area (Å²) < 4.78 is 5.84. The maximum absolute atomic E-state index is 11.2. The molecule has 1 atom stereocenters. The number of hydrogen-bond acceptors (Lipinski definition) is 2. The predicted molar refractivity (Wildman–Crippen MR) is 59.6 cm³/mol. The Kier molecular flexibility index (Phi) is 4.11. The van der Waals surface area contributed by atoms with Crippen LogP contribution in [0.2, 0.25) is 5.02 Å². The van der Waals surface area contributed by atoms with E-state index in [1.165, 1.54) is 14.0 Å². The molecule has 0 spiro atoms. The largest absolute Gasteiger partial charge is 0.369 e. The van der Waals surface area contributed by atoms with Gasteiger partial charge in [-0.05, 0) is 40.5 Å². The SMILES string of the molecule is COC(C(C)=O)c1ccc(Cl)c(Br)c1. The maximum atomic E-state index is 11.2. The summed E-state index contributed by atoms with van der Waals surface area (Å²) in [6.45, 7) is 1.50. The number of carbonyl (C=O) groups excluding carboxylic acids is 1. The van der Waals surface area contributed by atoms with E-state index in [4.69, 9.17) is 16.3 Å². The number of hydrogen-bond donors (Lipinski definition) is 0. The Bertz CT molecular complexity index is 352. The average molecular weight is 278 g/mol. The standard InChI is InChI=1S/C10H10BrClO2/c1-6(13)10(14-2)7-3-4-9(12)8(11)5-7/h3-5,10H,1-2H3. The zero-order valence-electron chi connectivity index (χ0n) is 7.88. The number of ether oxygens (including phenoxy) is 1. The van der Waals surface area contributed by atoms with Gasteiger partial charge in [0.1, 0.15) is 6.10 Å². The van der Waals surface area contributed by atoms with E-state index in [-0.39, 0.29) is 5.78 Å². The second-order valence-corrected chi connectivity index (χ2v) is 4.16. The molecule has 0 aliphatic rings. The fourth-order valence-electron chi connectivity index (χ4n) is 1.21. The third kappa shape index (κ3) is 2.56. The summed E-state index contributed by atoms with van der Waals surface area (Å²) in [7, 11) is 1.51. The van der Waals surface area contributed by atoms with E-state index < -0.39 is 6.10 Å². The van der Waals surface area contributed by atoms with Crippen molar-refractivity contribution in [1.29, 1.82) is 0 Å². The Hall–Kier alpha value is -0.380. The van der Waals surface area contributed by atoms with Gasteiger partial charge in [0.15, 0.2) is 5.78 Å². The first kappa shape index (κ1) is 11.7. The van der Waals surface area contributed by atoms with Crippen molar-refractivity contribution in [2.24, 2.45) is 0 Å². The normalized spacial score (nSPS) is 12.6. The first-order chi connectivity index (χ1) is 6.56. The fourth-order valence-corrected chi connectivity index (χ4v) is 1.73. The molecule has 0 heterocycles. The van der Waals surface area contributed by atoms with Gasteiger partial charge in [0.2, 0.25) is 0 Å². The number of ketones is 1. The molecule has 1 aromatic carbocycles. The molecule has 0 saturated carbocycles. The molecule has 1 unspecified atom stereocenters. The van der Waals surface area contributed by atoms with E-state index in [1.54, 1.807) is 18.2 Å². The molecule has 0 N–H and O–H groups in total. The third-order valence-corrected chi connectivity index (χ3v) is 3.07. The van der Waals surface area contributed by atoms with E-state index >= 15 is 0 Å². The molecule has 4 heteroatoms. The Labute approximate surface area is 96.3 Å². The van der Waals surface area contributed by atoms with Crippen LogP contribution >= 0.6 is 27.5 Å². The van der Waals surface area contributed by atoms with Gasteiger partial charge in [-0.2, -0.15) is 0 Å². The van der Waals surface area contributed by atoms with Crippen molar-refractivity contribution in [2.75, 3.05) is 7.11 Å². The minimum atomic E-state index is -0.511. The lowest BCUT2D eigenvalue weighted by Gasteiger charge is -2.12. The Morgan fingerprint density at radius 2 is 2.21 bits per heavy atom. The molecule has 0 bridgehead atoms. The quantitative estimate of drug-likeness (QED) is 0.846. The van der Waals surface area contributed by atoms with Gasteiger partial charge >= 0.3 is 0 Å². The summed E-state index contributed by atoms with van der Waals surface area (Å²) in [5.74, 6) is -0.0262. The van der Waals surface area contributed by atoms with Crippen LogP contribution < -0.4 is 0 Å². The highest BCUT2D eigenvalue weighted by atomic mass is 79.9. The van der Waals surface area contributed by atoms with Gasteiger partial charge in [0.25, 0.3) is 0 Å². The topological polar surface area (TPSA) is 26.3 Å². The summed E-state index contributed by atoms with van der Waals surface area (Å²) in [5.41, 5.74) is 0.802. The lowest BCUT2D eigenvalue weighted by molar-refractivity contribution is -0.126. The molecule has 0 fully saturated rings. The van der Waals surface area contributed by atoms with Crippen LogP contribution in [0.3, 0.4) is 0 Å². The molecule has 0 aliphatic carbocycles. The first-order valence-electron chi connectivity index (χ1n) is 4.04. The van der Waals surface area contributed by atoms with Crippen molar-refractivity contribution in [1.82, 2.24) is 0 Å². The van der Waals surface area contributed by atoms with Crippen LogP contribution in [-0.4, -0.2) is 12.9 Å². The van der Waals surface area contributed by atoms with Crippen LogP contribution in [0.25, 0.3) is 0 Å². The highest BCUT2D eigenvalue weighted by molar-refractivity contribution is 9.10. The molecule has 0 aromatic heterocycles. The van der Waals surface area contributed by atoms with Crippen LogP contribution in [0.1, 0.15) is 18.6 Å². The first-order valence-corrected chi connectivity index (χ1v) is 5.21. The summed E-state index contributed by atoms with van der Waals surface area (Å²) >= 11 is 9.13. The van der Waals surface area contributed by atoms with E-state index in [0.717, 1.165) is 10.0 Å². The van der Waals surface area contributed by atoms with E-state index in [1.807, 2.05) is 0 Å². The second kappa shape index (κ2) is 4.91. The summed E-state index contributed by atoms with van der Waals surface area (Å²) in [6, 6.07) is 5.30. The van der Waals surface area contributed by atoms with Crippen LogP contribution in [0.5, 0.6) is 0 Å². The fraction of sp³-hybridized carbons (Fsp3) is 0.300. The minimum absolute atomic E-state index is 0.0262. The lowest BCUT2D eigenvalue weighted by Crippen LogP contribution is -2.10. The Balaban J connectivity index is 3.06. The number of halogens is 2. The third-order valence-electron chi connectivity index (χ3n) is 1.85. The lowest BCUT2D eigenvalue weighted by atomic mass is 10.1. The minimum Gasteiger partial charge on any atom is -0.369 e. The van der Waals surface area contributed by atoms with E-state index in [0.29, 0.717) is 5.02 Å². The molecular weight excluding hydrogens is 267 g/mol. The van der Waals surface area contributed by atoms with Crippen LogP contribution in [0.15, 0.2) is 22.7 Å². The van der Waals surface area contributed by atoms with Gasteiger partial charge in [-0.1, -0.05) is 17.7 Å². The second-order valence-electron chi connectivity index (χ2n) is 2.90. The number of carbonyl (C=O) groups is 1. The van der Waals surface area contributed by atoms with Crippen molar-refractivity contribution in [2.45, 2.75) is 13.0 Å². The van der Waals surface area contributed by atoms with Crippen molar-refractivity contribution in [3.8, 4) is 0 Å². The molecule has 1 rings (SSSR count). The van der Waals surface area contributed by atoms with Gasteiger partial charge in [-0.25, -0.2) is 0 Å². The number of benzene rings is 1. The van der Waals surface area contributed by atoms with Gasteiger partial charge in [0.05, 0.1) is 5.02 Å². The molecule has 0 saturated heterocycles. The zero-order chi connectivity index (χ0) is 10.7. The van der Waals surface area contributed by atoms with Crippen molar-refractivity contribution < 1.29 is 9.53 Å². The molecule has 1 aromatic rings. The monoisotopic (exact) mass is 276 g/mol. The van der Waals surface area contributed by atoms with Crippen molar-refractivity contribution in [3.05, 3.63) is 33.3 Å². The molecule has 0 amide bonds. The van der Waals surface area contributed by atoms with Gasteiger partial charge in [-0.15, -0.1) is 0 Å². The zero-order valence-corrected chi connectivity index (χ0v) is 10.2.